The maximum absolute atomic E-state index is 6.26. The van der Waals surface area contributed by atoms with Gasteiger partial charge in [0.15, 0.2) is 0 Å². The van der Waals surface area contributed by atoms with Crippen molar-refractivity contribution in [2.75, 3.05) is 7.11 Å². The number of nitrogens with two attached hydrogens (primary N) is 1. The Hall–Kier alpha value is -2.00. The molecule has 112 valence electrons. The number of methoxy groups -OCH3 is 1. The van der Waals surface area contributed by atoms with Crippen molar-refractivity contribution in [1.82, 2.24) is 0 Å². The highest BCUT2D eigenvalue weighted by Crippen LogP contribution is 2.28. The quantitative estimate of drug-likeness (QED) is 0.876. The van der Waals surface area contributed by atoms with Crippen molar-refractivity contribution in [2.24, 2.45) is 5.73 Å². The topological polar surface area (TPSA) is 44.5 Å². The lowest BCUT2D eigenvalue weighted by Crippen LogP contribution is -2.31. The van der Waals surface area contributed by atoms with Crippen LogP contribution in [0.3, 0.4) is 0 Å². The third kappa shape index (κ3) is 3.76. The highest BCUT2D eigenvalue weighted by molar-refractivity contribution is 5.34. The van der Waals surface area contributed by atoms with Crippen LogP contribution in [-0.4, -0.2) is 13.2 Å². The summed E-state index contributed by atoms with van der Waals surface area (Å²) in [5.74, 6) is 1.71. The second kappa shape index (κ2) is 7.14. The van der Waals surface area contributed by atoms with Gasteiger partial charge >= 0.3 is 0 Å². The summed E-state index contributed by atoms with van der Waals surface area (Å²) in [6, 6.07) is 15.8. The average molecular weight is 285 g/mol. The number of hydrogen-bond acceptors (Lipinski definition) is 3. The molecular weight excluding hydrogens is 262 g/mol. The third-order valence-electron chi connectivity index (χ3n) is 3.65. The molecule has 0 amide bonds. The van der Waals surface area contributed by atoms with E-state index >= 15 is 0 Å². The zero-order valence-corrected chi connectivity index (χ0v) is 12.9. The Balaban J connectivity index is 2.27. The van der Waals surface area contributed by atoms with Gasteiger partial charge in [-0.1, -0.05) is 37.3 Å². The summed E-state index contributed by atoms with van der Waals surface area (Å²) in [6.45, 7) is 4.11. The smallest absolute Gasteiger partial charge is 0.139 e. The predicted octanol–water partition coefficient (Wildman–Crippen LogP) is 3.86. The Morgan fingerprint density at radius 3 is 2.29 bits per heavy atom. The van der Waals surface area contributed by atoms with E-state index in [0.29, 0.717) is 0 Å². The van der Waals surface area contributed by atoms with Gasteiger partial charge in [0.05, 0.1) is 7.11 Å². The van der Waals surface area contributed by atoms with E-state index in [-0.39, 0.29) is 12.1 Å². The fourth-order valence-electron chi connectivity index (χ4n) is 2.24. The minimum absolute atomic E-state index is 0.0574. The van der Waals surface area contributed by atoms with Gasteiger partial charge < -0.3 is 15.2 Å². The molecule has 2 N–H and O–H groups in total. The first-order chi connectivity index (χ1) is 10.2. The molecule has 0 fully saturated rings. The van der Waals surface area contributed by atoms with Gasteiger partial charge in [-0.3, -0.25) is 0 Å². The zero-order chi connectivity index (χ0) is 15.2. The minimum atomic E-state index is -0.165. The molecular formula is C18H23NO2. The summed E-state index contributed by atoms with van der Waals surface area (Å²) < 4.78 is 11.4. The lowest BCUT2D eigenvalue weighted by Gasteiger charge is -2.25. The van der Waals surface area contributed by atoms with Crippen LogP contribution in [0.5, 0.6) is 11.5 Å². The fraction of sp³-hybridized carbons (Fsp3) is 0.333. The van der Waals surface area contributed by atoms with Crippen LogP contribution in [0.25, 0.3) is 0 Å². The molecule has 0 aliphatic rings. The molecule has 0 saturated carbocycles. The second-order valence-corrected chi connectivity index (χ2v) is 5.15. The van der Waals surface area contributed by atoms with Crippen molar-refractivity contribution < 1.29 is 9.47 Å². The van der Waals surface area contributed by atoms with E-state index in [1.165, 1.54) is 0 Å². The molecule has 0 aromatic heterocycles. The van der Waals surface area contributed by atoms with Crippen LogP contribution in [0.4, 0.5) is 0 Å². The molecule has 3 nitrogen and oxygen atoms in total. The van der Waals surface area contributed by atoms with Gasteiger partial charge in [0, 0.05) is 6.04 Å². The Morgan fingerprint density at radius 1 is 1.05 bits per heavy atom. The minimum Gasteiger partial charge on any atom is -0.497 e. The van der Waals surface area contributed by atoms with Crippen molar-refractivity contribution in [3.63, 3.8) is 0 Å². The molecule has 2 atom stereocenters. The molecule has 0 aliphatic heterocycles. The number of benzene rings is 2. The van der Waals surface area contributed by atoms with Crippen LogP contribution in [0.1, 0.15) is 30.6 Å². The van der Waals surface area contributed by atoms with Gasteiger partial charge in [0.1, 0.15) is 17.6 Å². The normalized spacial score (nSPS) is 13.5. The Bertz CT molecular complexity index is 566. The predicted molar refractivity (Wildman–Crippen MR) is 85.8 cm³/mol. The molecule has 2 aromatic carbocycles. The van der Waals surface area contributed by atoms with Crippen LogP contribution < -0.4 is 15.2 Å². The van der Waals surface area contributed by atoms with Crippen molar-refractivity contribution >= 4 is 0 Å². The monoisotopic (exact) mass is 285 g/mol. The molecule has 2 aromatic rings. The third-order valence-corrected chi connectivity index (χ3v) is 3.65. The maximum Gasteiger partial charge on any atom is 0.139 e. The zero-order valence-electron chi connectivity index (χ0n) is 12.9. The summed E-state index contributed by atoms with van der Waals surface area (Å²) >= 11 is 0. The van der Waals surface area contributed by atoms with Crippen LogP contribution >= 0.6 is 0 Å². The number of aryl methyl sites for hydroxylation is 1. The first kappa shape index (κ1) is 15.4. The molecule has 2 rings (SSSR count). The lowest BCUT2D eigenvalue weighted by molar-refractivity contribution is 0.170. The van der Waals surface area contributed by atoms with E-state index in [4.69, 9.17) is 15.2 Å². The molecule has 0 spiro atoms. The van der Waals surface area contributed by atoms with Gasteiger partial charge in [-0.2, -0.15) is 0 Å². The van der Waals surface area contributed by atoms with E-state index in [0.717, 1.165) is 29.0 Å². The van der Waals surface area contributed by atoms with Gasteiger partial charge in [0.2, 0.25) is 0 Å². The summed E-state index contributed by atoms with van der Waals surface area (Å²) in [5.41, 5.74) is 8.44. The van der Waals surface area contributed by atoms with Crippen molar-refractivity contribution in [3.05, 3.63) is 59.7 Å². The van der Waals surface area contributed by atoms with Crippen molar-refractivity contribution in [1.29, 1.82) is 0 Å². The van der Waals surface area contributed by atoms with E-state index in [2.05, 4.69) is 6.92 Å². The Kier molecular flexibility index (Phi) is 5.23. The largest absolute Gasteiger partial charge is 0.497 e. The standard InChI is InChI=1S/C18H23NO2/c1-4-16(19)18(14-9-11-15(20-3)12-10-14)21-17-8-6-5-7-13(17)2/h5-12,16,18H,4,19H2,1-3H3. The first-order valence-corrected chi connectivity index (χ1v) is 7.27. The molecule has 2 unspecified atom stereocenters. The Labute approximate surface area is 126 Å². The summed E-state index contributed by atoms with van der Waals surface area (Å²) in [4.78, 5) is 0. The highest BCUT2D eigenvalue weighted by atomic mass is 16.5. The van der Waals surface area contributed by atoms with Crippen LogP contribution in [0, 0.1) is 6.92 Å². The van der Waals surface area contributed by atoms with E-state index in [9.17, 15) is 0 Å². The SMILES string of the molecule is CCC(N)C(Oc1ccccc1C)c1ccc(OC)cc1. The average Bonchev–Trinajstić information content (AvgIpc) is 2.53. The molecule has 0 heterocycles. The van der Waals surface area contributed by atoms with E-state index in [1.54, 1.807) is 7.11 Å². The summed E-state index contributed by atoms with van der Waals surface area (Å²) in [6.07, 6.45) is 0.685. The summed E-state index contributed by atoms with van der Waals surface area (Å²) in [7, 11) is 1.66. The molecule has 21 heavy (non-hydrogen) atoms. The molecule has 0 radical (unpaired) electrons. The van der Waals surface area contributed by atoms with E-state index in [1.807, 2.05) is 55.5 Å². The van der Waals surface area contributed by atoms with Gasteiger partial charge in [0.25, 0.3) is 0 Å². The molecule has 3 heteroatoms. The van der Waals surface area contributed by atoms with Gasteiger partial charge in [-0.15, -0.1) is 0 Å². The fourth-order valence-corrected chi connectivity index (χ4v) is 2.24. The van der Waals surface area contributed by atoms with Crippen LogP contribution in [-0.2, 0) is 0 Å². The molecule has 0 bridgehead atoms. The maximum atomic E-state index is 6.26. The van der Waals surface area contributed by atoms with Gasteiger partial charge in [-0.05, 0) is 42.7 Å². The van der Waals surface area contributed by atoms with Gasteiger partial charge in [-0.25, -0.2) is 0 Å². The van der Waals surface area contributed by atoms with Crippen LogP contribution in [0.15, 0.2) is 48.5 Å². The van der Waals surface area contributed by atoms with E-state index < -0.39 is 0 Å². The molecule has 0 aliphatic carbocycles. The summed E-state index contributed by atoms with van der Waals surface area (Å²) in [5, 5.41) is 0. The second-order valence-electron chi connectivity index (χ2n) is 5.15. The van der Waals surface area contributed by atoms with Crippen molar-refractivity contribution in [2.45, 2.75) is 32.4 Å². The number of ether oxygens (including phenoxy) is 2. The Morgan fingerprint density at radius 2 is 1.71 bits per heavy atom. The molecule has 0 saturated heterocycles. The number of hydrogen-bond donors (Lipinski definition) is 1. The highest BCUT2D eigenvalue weighted by Gasteiger charge is 2.21. The van der Waals surface area contributed by atoms with Crippen molar-refractivity contribution in [3.8, 4) is 11.5 Å². The first-order valence-electron chi connectivity index (χ1n) is 7.27. The number of rotatable bonds is 6. The lowest BCUT2D eigenvalue weighted by atomic mass is 10.0. The number of para-hydroxylation sites is 1. The van der Waals surface area contributed by atoms with Crippen LogP contribution in [0.2, 0.25) is 0 Å².